The molecule has 1 aromatic carbocycles. The number of nitrogens with zero attached hydrogens (tertiary/aromatic N) is 3. The number of likely N-dealkylation sites (tertiary alicyclic amines) is 1. The first-order valence-corrected chi connectivity index (χ1v) is 8.02. The van der Waals surface area contributed by atoms with Gasteiger partial charge in [0.05, 0.1) is 5.52 Å². The fraction of sp³-hybridized carbons (Fsp3) is 0.471. The molecule has 0 radical (unpaired) electrons. The number of anilines is 1. The molecule has 0 aliphatic carbocycles. The average Bonchev–Trinajstić information content (AvgIpc) is 3.06. The largest absolute Gasteiger partial charge is 0.358 e. The summed E-state index contributed by atoms with van der Waals surface area (Å²) in [6.07, 6.45) is 3.54. The predicted octanol–water partition coefficient (Wildman–Crippen LogP) is 2.83. The number of hydrogen-bond donors (Lipinski definition) is 1. The molecule has 1 fully saturated rings. The maximum Gasteiger partial charge on any atom is 0.245 e. The van der Waals surface area contributed by atoms with Crippen LogP contribution in [0.5, 0.6) is 0 Å². The van der Waals surface area contributed by atoms with Gasteiger partial charge in [0.25, 0.3) is 0 Å². The summed E-state index contributed by atoms with van der Waals surface area (Å²) < 4.78 is 13.6. The first-order chi connectivity index (χ1) is 11.1. The second kappa shape index (κ2) is 6.48. The molecule has 2 aromatic rings. The molecule has 1 amide bonds. The van der Waals surface area contributed by atoms with Crippen molar-refractivity contribution in [3.05, 3.63) is 30.3 Å². The first-order valence-electron chi connectivity index (χ1n) is 8.02. The van der Waals surface area contributed by atoms with E-state index in [9.17, 15) is 9.18 Å². The quantitative estimate of drug-likeness (QED) is 0.942. The van der Waals surface area contributed by atoms with E-state index in [-0.39, 0.29) is 23.7 Å². The van der Waals surface area contributed by atoms with E-state index in [0.29, 0.717) is 16.7 Å². The molecule has 0 bridgehead atoms. The first kappa shape index (κ1) is 15.6. The van der Waals surface area contributed by atoms with Crippen LogP contribution >= 0.6 is 0 Å². The van der Waals surface area contributed by atoms with E-state index in [1.54, 1.807) is 6.07 Å². The number of carbonyl (C=O) groups excluding carboxylic acids is 1. The molecule has 1 atom stereocenters. The zero-order chi connectivity index (χ0) is 16.4. The van der Waals surface area contributed by atoms with Crippen molar-refractivity contribution >= 4 is 22.6 Å². The summed E-state index contributed by atoms with van der Waals surface area (Å²) in [4.78, 5) is 23.0. The standard InChI is InChI=1S/C17H21FN4O/c1-11(2)15(17(23)22-7-3-4-8-22)21-16-13-9-12(18)5-6-14(13)19-10-20-16/h5-6,9-11,15H,3-4,7-8H2,1-2H3,(H,19,20,21)/t15-/m0/s1. The van der Waals surface area contributed by atoms with Crippen LogP contribution in [0.2, 0.25) is 0 Å². The molecule has 1 aliphatic rings. The van der Waals surface area contributed by atoms with E-state index in [0.717, 1.165) is 25.9 Å². The summed E-state index contributed by atoms with van der Waals surface area (Å²) in [5.74, 6) is 0.338. The maximum absolute atomic E-state index is 13.6. The third kappa shape index (κ3) is 3.25. The predicted molar refractivity (Wildman–Crippen MR) is 87.6 cm³/mol. The van der Waals surface area contributed by atoms with Gasteiger partial charge in [0.2, 0.25) is 5.91 Å². The van der Waals surface area contributed by atoms with Crippen LogP contribution in [-0.2, 0) is 4.79 Å². The third-order valence-electron chi connectivity index (χ3n) is 4.24. The zero-order valence-corrected chi connectivity index (χ0v) is 13.4. The van der Waals surface area contributed by atoms with E-state index in [1.165, 1.54) is 18.5 Å². The maximum atomic E-state index is 13.6. The van der Waals surface area contributed by atoms with Crippen LogP contribution < -0.4 is 5.32 Å². The van der Waals surface area contributed by atoms with Crippen LogP contribution in [0.15, 0.2) is 24.5 Å². The Morgan fingerprint density at radius 1 is 1.26 bits per heavy atom. The molecule has 1 N–H and O–H groups in total. The van der Waals surface area contributed by atoms with Gasteiger partial charge in [0, 0.05) is 18.5 Å². The summed E-state index contributed by atoms with van der Waals surface area (Å²) in [5.41, 5.74) is 0.653. The van der Waals surface area contributed by atoms with Crippen molar-refractivity contribution in [3.8, 4) is 0 Å². The van der Waals surface area contributed by atoms with Crippen LogP contribution in [0.3, 0.4) is 0 Å². The van der Waals surface area contributed by atoms with Crippen molar-refractivity contribution in [3.63, 3.8) is 0 Å². The van der Waals surface area contributed by atoms with Crippen molar-refractivity contribution in [1.82, 2.24) is 14.9 Å². The minimum atomic E-state index is -0.380. The molecule has 122 valence electrons. The Bertz CT molecular complexity index is 713. The minimum absolute atomic E-state index is 0.0839. The van der Waals surface area contributed by atoms with E-state index >= 15 is 0 Å². The van der Waals surface area contributed by atoms with Gasteiger partial charge >= 0.3 is 0 Å². The van der Waals surface area contributed by atoms with Gasteiger partial charge in [0.15, 0.2) is 0 Å². The normalized spacial score (nSPS) is 16.1. The van der Waals surface area contributed by atoms with Gasteiger partial charge in [0.1, 0.15) is 24.0 Å². The molecule has 1 aromatic heterocycles. The Kier molecular flexibility index (Phi) is 4.41. The van der Waals surface area contributed by atoms with Crippen molar-refractivity contribution in [1.29, 1.82) is 0 Å². The molecule has 2 heterocycles. The third-order valence-corrected chi connectivity index (χ3v) is 4.24. The number of halogens is 1. The highest BCUT2D eigenvalue weighted by molar-refractivity contribution is 5.92. The van der Waals surface area contributed by atoms with Crippen LogP contribution in [-0.4, -0.2) is 39.9 Å². The number of rotatable bonds is 4. The molecule has 3 rings (SSSR count). The Morgan fingerprint density at radius 3 is 2.70 bits per heavy atom. The number of benzene rings is 1. The van der Waals surface area contributed by atoms with Gasteiger partial charge in [-0.15, -0.1) is 0 Å². The summed E-state index contributed by atoms with van der Waals surface area (Å²) >= 11 is 0. The molecule has 6 heteroatoms. The molecular formula is C17H21FN4O. The van der Waals surface area contributed by atoms with Crippen LogP contribution in [0, 0.1) is 11.7 Å². The SMILES string of the molecule is CC(C)[C@H](Nc1ncnc2ccc(F)cc12)C(=O)N1CCCC1. The molecule has 0 unspecified atom stereocenters. The molecular weight excluding hydrogens is 295 g/mol. The van der Waals surface area contributed by atoms with E-state index in [2.05, 4.69) is 15.3 Å². The topological polar surface area (TPSA) is 58.1 Å². The second-order valence-electron chi connectivity index (χ2n) is 6.28. The van der Waals surface area contributed by atoms with Gasteiger partial charge in [-0.3, -0.25) is 4.79 Å². The van der Waals surface area contributed by atoms with Gasteiger partial charge < -0.3 is 10.2 Å². The van der Waals surface area contributed by atoms with Gasteiger partial charge in [-0.25, -0.2) is 14.4 Å². The highest BCUT2D eigenvalue weighted by Crippen LogP contribution is 2.23. The summed E-state index contributed by atoms with van der Waals surface area (Å²) in [6.45, 7) is 5.61. The molecule has 1 saturated heterocycles. The van der Waals surface area contributed by atoms with Gasteiger partial charge in [-0.1, -0.05) is 13.8 Å². The van der Waals surface area contributed by atoms with Crippen LogP contribution in [0.4, 0.5) is 10.2 Å². The number of nitrogens with one attached hydrogen (secondary N) is 1. The smallest absolute Gasteiger partial charge is 0.245 e. The molecule has 0 spiro atoms. The summed E-state index contributed by atoms with van der Waals surface area (Å²) in [6, 6.07) is 4.00. The lowest BCUT2D eigenvalue weighted by atomic mass is 10.0. The van der Waals surface area contributed by atoms with Crippen molar-refractivity contribution in [2.75, 3.05) is 18.4 Å². The lowest BCUT2D eigenvalue weighted by molar-refractivity contribution is -0.131. The number of amides is 1. The molecule has 0 saturated carbocycles. The Morgan fingerprint density at radius 2 is 2.00 bits per heavy atom. The van der Waals surface area contributed by atoms with Crippen molar-refractivity contribution < 1.29 is 9.18 Å². The summed E-state index contributed by atoms with van der Waals surface area (Å²) in [5, 5.41) is 3.81. The zero-order valence-electron chi connectivity index (χ0n) is 13.4. The Hall–Kier alpha value is -2.24. The summed E-state index contributed by atoms with van der Waals surface area (Å²) in [7, 11) is 0. The average molecular weight is 316 g/mol. The highest BCUT2D eigenvalue weighted by atomic mass is 19.1. The van der Waals surface area contributed by atoms with E-state index < -0.39 is 0 Å². The Balaban J connectivity index is 1.91. The van der Waals surface area contributed by atoms with E-state index in [4.69, 9.17) is 0 Å². The molecule has 1 aliphatic heterocycles. The second-order valence-corrected chi connectivity index (χ2v) is 6.28. The number of fused-ring (bicyclic) bond motifs is 1. The fourth-order valence-corrected chi connectivity index (χ4v) is 2.94. The fourth-order valence-electron chi connectivity index (χ4n) is 2.94. The highest BCUT2D eigenvalue weighted by Gasteiger charge is 2.29. The number of carbonyl (C=O) groups is 1. The Labute approximate surface area is 134 Å². The van der Waals surface area contributed by atoms with Crippen molar-refractivity contribution in [2.45, 2.75) is 32.7 Å². The molecule has 5 nitrogen and oxygen atoms in total. The number of hydrogen-bond acceptors (Lipinski definition) is 4. The van der Waals surface area contributed by atoms with Gasteiger partial charge in [-0.05, 0) is 37.0 Å². The lowest BCUT2D eigenvalue weighted by Gasteiger charge is -2.27. The minimum Gasteiger partial charge on any atom is -0.358 e. The van der Waals surface area contributed by atoms with E-state index in [1.807, 2.05) is 18.7 Å². The van der Waals surface area contributed by atoms with Crippen molar-refractivity contribution in [2.24, 2.45) is 5.92 Å². The lowest BCUT2D eigenvalue weighted by Crippen LogP contribution is -2.44. The molecule has 23 heavy (non-hydrogen) atoms. The van der Waals surface area contributed by atoms with Gasteiger partial charge in [-0.2, -0.15) is 0 Å². The van der Waals surface area contributed by atoms with Crippen LogP contribution in [0.25, 0.3) is 10.9 Å². The monoisotopic (exact) mass is 316 g/mol. The number of aromatic nitrogens is 2. The van der Waals surface area contributed by atoms with Crippen LogP contribution in [0.1, 0.15) is 26.7 Å².